The number of rotatable bonds is 1. The van der Waals surface area contributed by atoms with E-state index in [1.54, 1.807) is 7.05 Å². The van der Waals surface area contributed by atoms with Crippen LogP contribution in [0.1, 0.15) is 11.1 Å². The lowest BCUT2D eigenvalue weighted by molar-refractivity contribution is -0.137. The Morgan fingerprint density at radius 1 is 1.38 bits per heavy atom. The molecule has 0 fully saturated rings. The molecule has 1 aromatic rings. The molecule has 0 amide bonds. The molecule has 0 heterocycles. The van der Waals surface area contributed by atoms with Crippen molar-refractivity contribution >= 4 is 0 Å². The Kier molecular flexibility index (Phi) is 3.80. The topological polar surface area (TPSA) is 32.3 Å². The average molecular weight is 229 g/mol. The van der Waals surface area contributed by atoms with Crippen LogP contribution in [0.4, 0.5) is 13.2 Å². The maximum atomic E-state index is 12.2. The van der Waals surface area contributed by atoms with Gasteiger partial charge in [-0.3, -0.25) is 0 Å². The second-order valence-electron chi connectivity index (χ2n) is 3.06. The molecule has 2 N–H and O–H groups in total. The summed E-state index contributed by atoms with van der Waals surface area (Å²) in [6.45, 7) is 0.403. The predicted molar refractivity (Wildman–Crippen MR) is 53.9 cm³/mol. The molecular weight excluding hydrogens is 219 g/mol. The first-order valence-electron chi connectivity index (χ1n) is 4.49. The first kappa shape index (κ1) is 12.4. The summed E-state index contributed by atoms with van der Waals surface area (Å²) >= 11 is 0. The minimum Gasteiger partial charge on any atom is -0.507 e. The van der Waals surface area contributed by atoms with E-state index in [0.717, 1.165) is 12.1 Å². The number of halogens is 3. The van der Waals surface area contributed by atoms with Gasteiger partial charge in [-0.15, -0.1) is 0 Å². The Morgan fingerprint density at radius 2 is 2.06 bits per heavy atom. The van der Waals surface area contributed by atoms with Gasteiger partial charge in [-0.05, 0) is 25.2 Å². The van der Waals surface area contributed by atoms with E-state index >= 15 is 0 Å². The summed E-state index contributed by atoms with van der Waals surface area (Å²) in [5.41, 5.74) is -0.701. The van der Waals surface area contributed by atoms with Crippen molar-refractivity contribution in [3.8, 4) is 17.6 Å². The number of hydrogen-bond donors (Lipinski definition) is 2. The number of benzene rings is 1. The third-order valence-electron chi connectivity index (χ3n) is 1.81. The van der Waals surface area contributed by atoms with Crippen LogP contribution in [0.2, 0.25) is 0 Å². The molecule has 86 valence electrons. The molecular formula is C11H10F3NO. The van der Waals surface area contributed by atoms with E-state index in [1.165, 1.54) is 0 Å². The zero-order chi connectivity index (χ0) is 12.2. The number of alkyl halides is 3. The van der Waals surface area contributed by atoms with E-state index in [0.29, 0.717) is 12.6 Å². The van der Waals surface area contributed by atoms with Gasteiger partial charge in [0.1, 0.15) is 5.75 Å². The fraction of sp³-hybridized carbons (Fsp3) is 0.273. The largest absolute Gasteiger partial charge is 0.507 e. The van der Waals surface area contributed by atoms with Crippen molar-refractivity contribution < 1.29 is 18.3 Å². The Morgan fingerprint density at radius 3 is 2.56 bits per heavy atom. The zero-order valence-electron chi connectivity index (χ0n) is 8.52. The smallest absolute Gasteiger partial charge is 0.416 e. The number of phenolic OH excluding ortho intramolecular Hbond substituents is 1. The monoisotopic (exact) mass is 229 g/mol. The summed E-state index contributed by atoms with van der Waals surface area (Å²) in [5, 5.41) is 12.1. The van der Waals surface area contributed by atoms with Crippen molar-refractivity contribution in [2.24, 2.45) is 0 Å². The lowest BCUT2D eigenvalue weighted by Gasteiger charge is -2.07. The average Bonchev–Trinajstić information content (AvgIpc) is 2.19. The lowest BCUT2D eigenvalue weighted by atomic mass is 10.1. The third kappa shape index (κ3) is 3.17. The summed E-state index contributed by atoms with van der Waals surface area (Å²) in [7, 11) is 1.70. The molecule has 1 rings (SSSR count). The van der Waals surface area contributed by atoms with Gasteiger partial charge in [-0.2, -0.15) is 13.2 Å². The van der Waals surface area contributed by atoms with Crippen LogP contribution in [0, 0.1) is 11.8 Å². The fourth-order valence-corrected chi connectivity index (χ4v) is 1.04. The third-order valence-corrected chi connectivity index (χ3v) is 1.81. The zero-order valence-corrected chi connectivity index (χ0v) is 8.52. The first-order valence-corrected chi connectivity index (χ1v) is 4.49. The summed E-state index contributed by atoms with van der Waals surface area (Å²) in [4.78, 5) is 0. The Balaban J connectivity index is 2.98. The van der Waals surface area contributed by atoms with E-state index in [-0.39, 0.29) is 5.56 Å². The molecule has 0 aliphatic carbocycles. The van der Waals surface area contributed by atoms with Crippen molar-refractivity contribution in [3.63, 3.8) is 0 Å². The number of hydrogen-bond acceptors (Lipinski definition) is 2. The molecule has 2 nitrogen and oxygen atoms in total. The Hall–Kier alpha value is -1.67. The normalized spacial score (nSPS) is 10.8. The SMILES string of the molecule is CNCC#Cc1ccc(C(F)(F)F)cc1O. The van der Waals surface area contributed by atoms with Gasteiger partial charge in [0.15, 0.2) is 0 Å². The van der Waals surface area contributed by atoms with Gasteiger partial charge in [0.05, 0.1) is 17.7 Å². The van der Waals surface area contributed by atoms with Crippen LogP contribution in [0.5, 0.6) is 5.75 Å². The molecule has 0 aliphatic heterocycles. The van der Waals surface area contributed by atoms with Crippen LogP contribution in [0.15, 0.2) is 18.2 Å². The van der Waals surface area contributed by atoms with Gasteiger partial charge >= 0.3 is 6.18 Å². The van der Waals surface area contributed by atoms with Crippen molar-refractivity contribution in [1.29, 1.82) is 0 Å². The van der Waals surface area contributed by atoms with E-state index < -0.39 is 17.5 Å². The molecule has 0 aromatic heterocycles. The summed E-state index contributed by atoms with van der Waals surface area (Å²) in [5.74, 6) is 4.75. The van der Waals surface area contributed by atoms with E-state index in [9.17, 15) is 18.3 Å². The van der Waals surface area contributed by atoms with Gasteiger partial charge in [0.25, 0.3) is 0 Å². The van der Waals surface area contributed by atoms with Crippen LogP contribution in [0.25, 0.3) is 0 Å². The molecule has 5 heteroatoms. The maximum Gasteiger partial charge on any atom is 0.416 e. The molecule has 0 saturated carbocycles. The van der Waals surface area contributed by atoms with Crippen LogP contribution in [0.3, 0.4) is 0 Å². The van der Waals surface area contributed by atoms with Gasteiger partial charge in [-0.1, -0.05) is 11.8 Å². The number of nitrogens with one attached hydrogen (secondary N) is 1. The second-order valence-corrected chi connectivity index (χ2v) is 3.06. The maximum absolute atomic E-state index is 12.2. The van der Waals surface area contributed by atoms with Crippen LogP contribution in [-0.2, 0) is 6.18 Å². The minimum absolute atomic E-state index is 0.184. The highest BCUT2D eigenvalue weighted by molar-refractivity contribution is 5.47. The molecule has 0 saturated heterocycles. The standard InChI is InChI=1S/C11H10F3NO/c1-15-6-2-3-8-4-5-9(7-10(8)16)11(12,13)14/h4-5,7,15-16H,6H2,1H3. The van der Waals surface area contributed by atoms with Gasteiger partial charge in [0.2, 0.25) is 0 Å². The second kappa shape index (κ2) is 4.90. The van der Waals surface area contributed by atoms with Crippen molar-refractivity contribution in [2.45, 2.75) is 6.18 Å². The molecule has 0 spiro atoms. The van der Waals surface area contributed by atoms with Crippen molar-refractivity contribution in [1.82, 2.24) is 5.32 Å². The van der Waals surface area contributed by atoms with Crippen LogP contribution in [-0.4, -0.2) is 18.7 Å². The molecule has 0 bridgehead atoms. The fourth-order valence-electron chi connectivity index (χ4n) is 1.04. The van der Waals surface area contributed by atoms with Crippen molar-refractivity contribution in [3.05, 3.63) is 29.3 Å². The highest BCUT2D eigenvalue weighted by Gasteiger charge is 2.30. The minimum atomic E-state index is -4.45. The number of phenols is 1. The highest BCUT2D eigenvalue weighted by atomic mass is 19.4. The van der Waals surface area contributed by atoms with E-state index in [2.05, 4.69) is 17.2 Å². The molecule has 0 unspecified atom stereocenters. The summed E-state index contributed by atoms with van der Waals surface area (Å²) < 4.78 is 36.7. The quantitative estimate of drug-likeness (QED) is 0.722. The lowest BCUT2D eigenvalue weighted by Crippen LogP contribution is -2.05. The predicted octanol–water partition coefficient (Wildman–Crippen LogP) is 1.98. The Labute approximate surface area is 91.1 Å². The van der Waals surface area contributed by atoms with Gasteiger partial charge in [-0.25, -0.2) is 0 Å². The molecule has 0 atom stereocenters. The molecule has 1 aromatic carbocycles. The van der Waals surface area contributed by atoms with Crippen LogP contribution >= 0.6 is 0 Å². The van der Waals surface area contributed by atoms with E-state index in [1.807, 2.05) is 0 Å². The first-order chi connectivity index (χ1) is 7.45. The van der Waals surface area contributed by atoms with E-state index in [4.69, 9.17) is 0 Å². The highest BCUT2D eigenvalue weighted by Crippen LogP contribution is 2.32. The summed E-state index contributed by atoms with van der Waals surface area (Å²) in [6.07, 6.45) is -4.45. The Bertz CT molecular complexity index is 429. The number of aromatic hydroxyl groups is 1. The molecule has 0 radical (unpaired) electrons. The van der Waals surface area contributed by atoms with Gasteiger partial charge < -0.3 is 10.4 Å². The van der Waals surface area contributed by atoms with Crippen LogP contribution < -0.4 is 5.32 Å². The van der Waals surface area contributed by atoms with Crippen molar-refractivity contribution in [2.75, 3.05) is 13.6 Å². The molecule has 16 heavy (non-hydrogen) atoms. The summed E-state index contributed by atoms with van der Waals surface area (Å²) in [6, 6.07) is 2.72. The molecule has 0 aliphatic rings. The van der Waals surface area contributed by atoms with Gasteiger partial charge in [0, 0.05) is 0 Å².